The lowest BCUT2D eigenvalue weighted by atomic mass is 10.2. The van der Waals surface area contributed by atoms with Gasteiger partial charge in [0.1, 0.15) is 18.9 Å². The molecule has 0 spiro atoms. The summed E-state index contributed by atoms with van der Waals surface area (Å²) in [4.78, 5) is 38.6. The first kappa shape index (κ1) is 24.2. The Morgan fingerprint density at radius 3 is 2.52 bits per heavy atom. The number of carbonyl (C=O) groups excluding carboxylic acids is 3. The average Bonchev–Trinajstić information content (AvgIpc) is 3.05. The topological polar surface area (TPSA) is 94.2 Å². The highest BCUT2D eigenvalue weighted by Gasteiger charge is 2.36. The summed E-state index contributed by atoms with van der Waals surface area (Å²) in [5.74, 6) is 0.368. The molecule has 1 N–H and O–H groups in total. The molecule has 0 bridgehead atoms. The van der Waals surface area contributed by atoms with Crippen LogP contribution in [-0.2, 0) is 9.59 Å². The van der Waals surface area contributed by atoms with E-state index in [4.69, 9.17) is 25.8 Å². The van der Waals surface area contributed by atoms with Gasteiger partial charge in [-0.05, 0) is 53.7 Å². The summed E-state index contributed by atoms with van der Waals surface area (Å²) in [7, 11) is 2.98. The van der Waals surface area contributed by atoms with Gasteiger partial charge in [-0.15, -0.1) is 0 Å². The van der Waals surface area contributed by atoms with Crippen LogP contribution < -0.4 is 19.5 Å². The third-order valence-electron chi connectivity index (χ3n) is 4.45. The quantitative estimate of drug-likeness (QED) is 0.407. The molecule has 1 aliphatic heterocycles. The Hall–Kier alpha value is -3.43. The number of anilines is 1. The molecule has 0 saturated carbocycles. The lowest BCUT2D eigenvalue weighted by Gasteiger charge is -2.13. The van der Waals surface area contributed by atoms with Gasteiger partial charge in [0.05, 0.1) is 24.1 Å². The SMILES string of the molecule is C=CCOc1ccc(/C=C2/SC(=O)N(CC(=O)Nc3ccc(OC)c(Cl)c3)C2=O)cc1OC. The molecular weight excluding hydrogens is 468 g/mol. The number of nitrogens with zero attached hydrogens (tertiary/aromatic N) is 1. The van der Waals surface area contributed by atoms with Crippen molar-refractivity contribution in [3.05, 3.63) is 64.5 Å². The van der Waals surface area contributed by atoms with Crippen LogP contribution in [0, 0.1) is 0 Å². The van der Waals surface area contributed by atoms with Crippen molar-refractivity contribution < 1.29 is 28.6 Å². The molecule has 0 unspecified atom stereocenters. The number of hydrogen-bond acceptors (Lipinski definition) is 7. The maximum absolute atomic E-state index is 12.7. The molecule has 1 saturated heterocycles. The van der Waals surface area contributed by atoms with E-state index < -0.39 is 23.6 Å². The Kier molecular flexibility index (Phi) is 8.02. The van der Waals surface area contributed by atoms with E-state index in [0.29, 0.717) is 40.1 Å². The van der Waals surface area contributed by atoms with E-state index in [0.717, 1.165) is 16.7 Å². The van der Waals surface area contributed by atoms with E-state index in [1.807, 2.05) is 0 Å². The highest BCUT2D eigenvalue weighted by molar-refractivity contribution is 8.18. The molecule has 2 aromatic rings. The van der Waals surface area contributed by atoms with E-state index in [-0.39, 0.29) is 4.91 Å². The number of rotatable bonds is 9. The summed E-state index contributed by atoms with van der Waals surface area (Å²) in [6.07, 6.45) is 3.18. The molecule has 1 fully saturated rings. The van der Waals surface area contributed by atoms with E-state index in [2.05, 4.69) is 11.9 Å². The second-order valence-corrected chi connectivity index (χ2v) is 8.08. The fraction of sp³-hybridized carbons (Fsp3) is 0.174. The first-order valence-electron chi connectivity index (χ1n) is 9.66. The van der Waals surface area contributed by atoms with E-state index in [1.54, 1.807) is 42.5 Å². The van der Waals surface area contributed by atoms with Crippen molar-refractivity contribution in [2.24, 2.45) is 0 Å². The summed E-state index contributed by atoms with van der Waals surface area (Å²) in [5, 5.41) is 2.40. The highest BCUT2D eigenvalue weighted by Crippen LogP contribution is 2.34. The molecule has 172 valence electrons. The monoisotopic (exact) mass is 488 g/mol. The van der Waals surface area contributed by atoms with Crippen LogP contribution in [0.4, 0.5) is 10.5 Å². The molecule has 0 aromatic heterocycles. The molecule has 0 radical (unpaired) electrons. The molecule has 33 heavy (non-hydrogen) atoms. The summed E-state index contributed by atoms with van der Waals surface area (Å²) in [5.41, 5.74) is 1.06. The van der Waals surface area contributed by atoms with Gasteiger partial charge in [0.2, 0.25) is 5.91 Å². The molecular formula is C23H21ClN2O6S. The second kappa shape index (κ2) is 10.9. The molecule has 10 heteroatoms. The number of nitrogens with one attached hydrogen (secondary N) is 1. The molecule has 1 aliphatic rings. The van der Waals surface area contributed by atoms with Crippen LogP contribution in [0.1, 0.15) is 5.56 Å². The van der Waals surface area contributed by atoms with Crippen molar-refractivity contribution in [2.45, 2.75) is 0 Å². The molecule has 3 amide bonds. The molecule has 0 atom stereocenters. The van der Waals surface area contributed by atoms with E-state index >= 15 is 0 Å². The first-order valence-corrected chi connectivity index (χ1v) is 10.9. The van der Waals surface area contributed by atoms with Crippen LogP contribution in [0.3, 0.4) is 0 Å². The third kappa shape index (κ3) is 5.88. The molecule has 0 aliphatic carbocycles. The summed E-state index contributed by atoms with van der Waals surface area (Å²) in [6.45, 7) is 3.49. The van der Waals surface area contributed by atoms with Crippen LogP contribution in [0.5, 0.6) is 17.2 Å². The van der Waals surface area contributed by atoms with E-state index in [9.17, 15) is 14.4 Å². The summed E-state index contributed by atoms with van der Waals surface area (Å²) >= 11 is 6.81. The fourth-order valence-electron chi connectivity index (χ4n) is 2.92. The Bertz CT molecular complexity index is 1130. The number of amides is 3. The number of thioether (sulfide) groups is 1. The van der Waals surface area contributed by atoms with Crippen molar-refractivity contribution in [3.63, 3.8) is 0 Å². The summed E-state index contributed by atoms with van der Waals surface area (Å²) < 4.78 is 15.9. The molecule has 2 aromatic carbocycles. The second-order valence-electron chi connectivity index (χ2n) is 6.68. The average molecular weight is 489 g/mol. The minimum absolute atomic E-state index is 0.196. The molecule has 1 heterocycles. The normalized spacial score (nSPS) is 14.4. The Balaban J connectivity index is 1.70. The number of carbonyl (C=O) groups is 3. The van der Waals surface area contributed by atoms with Crippen LogP contribution in [0.15, 0.2) is 54.0 Å². The third-order valence-corrected chi connectivity index (χ3v) is 5.66. The molecule has 3 rings (SSSR count). The van der Waals surface area contributed by atoms with Gasteiger partial charge < -0.3 is 19.5 Å². The van der Waals surface area contributed by atoms with Crippen LogP contribution >= 0.6 is 23.4 Å². The number of benzene rings is 2. The lowest BCUT2D eigenvalue weighted by Crippen LogP contribution is -2.36. The van der Waals surface area contributed by atoms with Crippen molar-refractivity contribution in [3.8, 4) is 17.2 Å². The van der Waals surface area contributed by atoms with Gasteiger partial charge in [0.15, 0.2) is 11.5 Å². The maximum atomic E-state index is 12.7. The number of ether oxygens (including phenoxy) is 3. The lowest BCUT2D eigenvalue weighted by molar-refractivity contribution is -0.127. The fourth-order valence-corrected chi connectivity index (χ4v) is 4.01. The van der Waals surface area contributed by atoms with Gasteiger partial charge in [-0.1, -0.05) is 30.3 Å². The minimum Gasteiger partial charge on any atom is -0.495 e. The zero-order valence-electron chi connectivity index (χ0n) is 17.9. The van der Waals surface area contributed by atoms with Gasteiger partial charge in [0.25, 0.3) is 11.1 Å². The molecule has 8 nitrogen and oxygen atoms in total. The van der Waals surface area contributed by atoms with Crippen molar-refractivity contribution in [1.29, 1.82) is 0 Å². The Morgan fingerprint density at radius 2 is 1.85 bits per heavy atom. The van der Waals surface area contributed by atoms with Crippen molar-refractivity contribution >= 4 is 52.2 Å². The predicted octanol–water partition coefficient (Wildman–Crippen LogP) is 4.60. The van der Waals surface area contributed by atoms with Gasteiger partial charge in [-0.25, -0.2) is 0 Å². The number of methoxy groups -OCH3 is 2. The summed E-state index contributed by atoms with van der Waals surface area (Å²) in [6, 6.07) is 9.84. The minimum atomic E-state index is -0.557. The van der Waals surface area contributed by atoms with Gasteiger partial charge in [0, 0.05) is 5.69 Å². The highest BCUT2D eigenvalue weighted by atomic mass is 35.5. The zero-order valence-corrected chi connectivity index (χ0v) is 19.5. The number of hydrogen-bond donors (Lipinski definition) is 1. The zero-order chi connectivity index (χ0) is 24.0. The van der Waals surface area contributed by atoms with Crippen LogP contribution in [0.25, 0.3) is 6.08 Å². The van der Waals surface area contributed by atoms with Crippen LogP contribution in [0.2, 0.25) is 5.02 Å². The Labute approximate surface area is 200 Å². The van der Waals surface area contributed by atoms with Crippen molar-refractivity contribution in [2.75, 3.05) is 32.7 Å². The first-order chi connectivity index (χ1) is 15.9. The van der Waals surface area contributed by atoms with Gasteiger partial charge in [-0.3, -0.25) is 19.3 Å². The standard InChI is InChI=1S/C23H21ClN2O6S/c1-4-9-32-18-7-5-14(10-19(18)31-3)11-20-22(28)26(23(29)33-20)13-21(27)25-15-6-8-17(30-2)16(24)12-15/h4-8,10-12H,1,9,13H2,2-3H3,(H,25,27)/b20-11+. The number of halogens is 1. The van der Waals surface area contributed by atoms with Crippen LogP contribution in [-0.4, -0.2) is 49.3 Å². The Morgan fingerprint density at radius 1 is 1.12 bits per heavy atom. The number of imide groups is 1. The smallest absolute Gasteiger partial charge is 0.294 e. The predicted molar refractivity (Wildman–Crippen MR) is 128 cm³/mol. The van der Waals surface area contributed by atoms with E-state index in [1.165, 1.54) is 20.3 Å². The largest absolute Gasteiger partial charge is 0.495 e. The maximum Gasteiger partial charge on any atom is 0.294 e. The van der Waals surface area contributed by atoms with Gasteiger partial charge in [-0.2, -0.15) is 0 Å². The van der Waals surface area contributed by atoms with Gasteiger partial charge >= 0.3 is 0 Å². The van der Waals surface area contributed by atoms with Crippen molar-refractivity contribution in [1.82, 2.24) is 4.90 Å².